The molecule has 0 aliphatic heterocycles. The predicted molar refractivity (Wildman–Crippen MR) is 131 cm³/mol. The molecule has 0 saturated heterocycles. The van der Waals surface area contributed by atoms with Crippen LogP contribution in [0, 0.1) is 0 Å². The van der Waals surface area contributed by atoms with Crippen molar-refractivity contribution in [1.29, 1.82) is 0 Å². The summed E-state index contributed by atoms with van der Waals surface area (Å²) in [5, 5.41) is 0. The van der Waals surface area contributed by atoms with E-state index in [1.54, 1.807) is 0 Å². The number of rotatable bonds is 22. The number of hydrogen-bond donors (Lipinski definition) is 0. The number of nitrogens with zero attached hydrogens (tertiary/aromatic N) is 1. The van der Waals surface area contributed by atoms with Gasteiger partial charge >= 0.3 is 0 Å². The molecule has 0 spiro atoms. The third-order valence-corrected chi connectivity index (χ3v) is 6.47. The van der Waals surface area contributed by atoms with E-state index >= 15 is 0 Å². The zero-order chi connectivity index (χ0) is 21.6. The maximum Gasteiger partial charge on any atom is 0.222 e. The molecule has 0 bridgehead atoms. The largest absolute Gasteiger partial charge is 0.343 e. The van der Waals surface area contributed by atoms with Crippen molar-refractivity contribution in [3.05, 3.63) is 0 Å². The summed E-state index contributed by atoms with van der Waals surface area (Å²) in [6.45, 7) is 6.81. The van der Waals surface area contributed by atoms with Crippen LogP contribution in [-0.2, 0) is 4.79 Å². The van der Waals surface area contributed by atoms with Gasteiger partial charge in [0.2, 0.25) is 5.91 Å². The molecule has 0 aromatic rings. The topological polar surface area (TPSA) is 20.3 Å². The second kappa shape index (κ2) is 22.2. The normalized spacial score (nSPS) is 11.3. The lowest BCUT2D eigenvalue weighted by Crippen LogP contribution is -2.37. The third kappa shape index (κ3) is 18.0. The van der Waals surface area contributed by atoms with Crippen LogP contribution in [0.25, 0.3) is 0 Å². The minimum absolute atomic E-state index is 0.391. The van der Waals surface area contributed by atoms with Gasteiger partial charge in [-0.2, -0.15) is 0 Å². The van der Waals surface area contributed by atoms with Crippen molar-refractivity contribution in [2.24, 2.45) is 0 Å². The molecule has 0 atom stereocenters. The van der Waals surface area contributed by atoms with Crippen molar-refractivity contribution in [2.45, 2.75) is 162 Å². The molecular weight excluding hydrogens is 354 g/mol. The van der Waals surface area contributed by atoms with Crippen LogP contribution in [0.1, 0.15) is 156 Å². The molecule has 0 heterocycles. The molecule has 1 amide bonds. The average molecular weight is 410 g/mol. The first-order valence-electron chi connectivity index (χ1n) is 13.4. The van der Waals surface area contributed by atoms with E-state index < -0.39 is 0 Å². The van der Waals surface area contributed by atoms with Gasteiger partial charge in [0.25, 0.3) is 0 Å². The van der Waals surface area contributed by atoms with Gasteiger partial charge < -0.3 is 4.90 Å². The highest BCUT2D eigenvalue weighted by Gasteiger charge is 2.19. The molecule has 0 unspecified atom stereocenters. The highest BCUT2D eigenvalue weighted by Crippen LogP contribution is 2.19. The Kier molecular flexibility index (Phi) is 21.8. The fourth-order valence-corrected chi connectivity index (χ4v) is 4.29. The smallest absolute Gasteiger partial charge is 0.222 e. The molecule has 0 N–H and O–H groups in total. The minimum Gasteiger partial charge on any atom is -0.343 e. The summed E-state index contributed by atoms with van der Waals surface area (Å²) in [5.41, 5.74) is 0. The highest BCUT2D eigenvalue weighted by atomic mass is 16.2. The molecule has 2 nitrogen and oxygen atoms in total. The molecule has 2 heteroatoms. The van der Waals surface area contributed by atoms with Crippen molar-refractivity contribution in [3.63, 3.8) is 0 Å². The summed E-state index contributed by atoms with van der Waals surface area (Å²) in [6.07, 6.45) is 26.9. The Morgan fingerprint density at radius 1 is 0.552 bits per heavy atom. The van der Waals surface area contributed by atoms with Crippen LogP contribution in [0.4, 0.5) is 0 Å². The molecule has 29 heavy (non-hydrogen) atoms. The second-order valence-corrected chi connectivity index (χ2v) is 9.29. The van der Waals surface area contributed by atoms with Gasteiger partial charge in [0, 0.05) is 19.5 Å². The first kappa shape index (κ1) is 28.5. The minimum atomic E-state index is 0.391. The first-order valence-corrected chi connectivity index (χ1v) is 13.4. The Morgan fingerprint density at radius 3 is 1.31 bits per heavy atom. The average Bonchev–Trinajstić information content (AvgIpc) is 2.73. The zero-order valence-electron chi connectivity index (χ0n) is 20.8. The number of hydrogen-bond acceptors (Lipinski definition) is 1. The quantitative estimate of drug-likeness (QED) is 0.163. The van der Waals surface area contributed by atoms with Crippen LogP contribution < -0.4 is 0 Å². The van der Waals surface area contributed by atoms with E-state index in [1.165, 1.54) is 122 Å². The molecular formula is C27H55NO. The van der Waals surface area contributed by atoms with Crippen LogP contribution in [0.15, 0.2) is 0 Å². The van der Waals surface area contributed by atoms with Gasteiger partial charge in [-0.3, -0.25) is 4.79 Å². The molecule has 0 aromatic carbocycles. The second-order valence-electron chi connectivity index (χ2n) is 9.29. The fourth-order valence-electron chi connectivity index (χ4n) is 4.29. The first-order chi connectivity index (χ1) is 14.2. The Labute approximate surface area is 184 Å². The van der Waals surface area contributed by atoms with Crippen molar-refractivity contribution < 1.29 is 4.79 Å². The molecule has 0 aliphatic rings. The van der Waals surface area contributed by atoms with Crippen LogP contribution in [-0.4, -0.2) is 23.9 Å². The van der Waals surface area contributed by atoms with Crippen LogP contribution >= 0.6 is 0 Å². The van der Waals surface area contributed by atoms with Crippen LogP contribution in [0.3, 0.4) is 0 Å². The summed E-state index contributed by atoms with van der Waals surface area (Å²) >= 11 is 0. The van der Waals surface area contributed by atoms with Gasteiger partial charge in [-0.05, 0) is 19.3 Å². The van der Waals surface area contributed by atoms with Crippen molar-refractivity contribution in [3.8, 4) is 0 Å². The number of amides is 1. The summed E-state index contributed by atoms with van der Waals surface area (Å²) in [5.74, 6) is 0.391. The Bertz CT molecular complexity index is 325. The summed E-state index contributed by atoms with van der Waals surface area (Å²) in [6, 6.07) is 0.472. The lowest BCUT2D eigenvalue weighted by Gasteiger charge is -2.29. The maximum atomic E-state index is 12.7. The zero-order valence-corrected chi connectivity index (χ0v) is 20.8. The van der Waals surface area contributed by atoms with Gasteiger partial charge in [0.1, 0.15) is 0 Å². The predicted octanol–water partition coefficient (Wildman–Crippen LogP) is 9.07. The van der Waals surface area contributed by atoms with E-state index in [2.05, 4.69) is 32.7 Å². The van der Waals surface area contributed by atoms with E-state index in [0.717, 1.165) is 12.8 Å². The number of carbonyl (C=O) groups is 1. The fraction of sp³-hybridized carbons (Fsp3) is 0.963. The summed E-state index contributed by atoms with van der Waals surface area (Å²) in [4.78, 5) is 14.9. The molecule has 0 saturated carbocycles. The van der Waals surface area contributed by atoms with Crippen LogP contribution in [0.5, 0.6) is 0 Å². The van der Waals surface area contributed by atoms with Gasteiger partial charge in [-0.1, -0.05) is 130 Å². The van der Waals surface area contributed by atoms with Crippen molar-refractivity contribution >= 4 is 5.91 Å². The SMILES string of the molecule is CCCCCCCCC(=O)N(C)C(CCCCCCCC)CCCCCCCC. The lowest BCUT2D eigenvalue weighted by atomic mass is 9.98. The van der Waals surface area contributed by atoms with E-state index in [-0.39, 0.29) is 0 Å². The summed E-state index contributed by atoms with van der Waals surface area (Å²) < 4.78 is 0. The van der Waals surface area contributed by atoms with Crippen LogP contribution in [0.2, 0.25) is 0 Å². The molecule has 0 aliphatic carbocycles. The third-order valence-electron chi connectivity index (χ3n) is 6.47. The Hall–Kier alpha value is -0.530. The van der Waals surface area contributed by atoms with Gasteiger partial charge in [-0.15, -0.1) is 0 Å². The van der Waals surface area contributed by atoms with E-state index in [9.17, 15) is 4.79 Å². The van der Waals surface area contributed by atoms with Gasteiger partial charge in [-0.25, -0.2) is 0 Å². The maximum absolute atomic E-state index is 12.7. The monoisotopic (exact) mass is 409 g/mol. The molecule has 0 radical (unpaired) electrons. The van der Waals surface area contributed by atoms with Gasteiger partial charge in [0.15, 0.2) is 0 Å². The molecule has 0 aromatic heterocycles. The highest BCUT2D eigenvalue weighted by molar-refractivity contribution is 5.76. The van der Waals surface area contributed by atoms with Crippen molar-refractivity contribution in [2.75, 3.05) is 7.05 Å². The molecule has 0 rings (SSSR count). The van der Waals surface area contributed by atoms with E-state index in [4.69, 9.17) is 0 Å². The Balaban J connectivity index is 4.22. The van der Waals surface area contributed by atoms with E-state index in [1.807, 2.05) is 0 Å². The molecule has 0 fully saturated rings. The summed E-state index contributed by atoms with van der Waals surface area (Å²) in [7, 11) is 2.08. The lowest BCUT2D eigenvalue weighted by molar-refractivity contribution is -0.132. The number of carbonyl (C=O) groups excluding carboxylic acids is 1. The van der Waals surface area contributed by atoms with Crippen molar-refractivity contribution in [1.82, 2.24) is 4.90 Å². The molecule has 174 valence electrons. The standard InChI is InChI=1S/C27H55NO/c1-5-8-11-14-17-20-23-26(24-21-18-15-12-9-6-2)28(4)27(29)25-22-19-16-13-10-7-3/h26H,5-25H2,1-4H3. The Morgan fingerprint density at radius 2 is 0.897 bits per heavy atom. The van der Waals surface area contributed by atoms with E-state index in [0.29, 0.717) is 11.9 Å². The number of unbranched alkanes of at least 4 members (excludes halogenated alkanes) is 15. The van der Waals surface area contributed by atoms with Gasteiger partial charge in [0.05, 0.1) is 0 Å².